The summed E-state index contributed by atoms with van der Waals surface area (Å²) in [5.74, 6) is -1.23. The standard InChI is InChI=1S/C14H18N2O3/c1-10-4-3-5-11(6-10)7-15(2)14(19)16-8-12(9-16)13(17)18/h3-6,12H,7-9H2,1-2H3,(H,17,18). The smallest absolute Gasteiger partial charge is 0.320 e. The number of urea groups is 1. The quantitative estimate of drug-likeness (QED) is 0.899. The van der Waals surface area contributed by atoms with Gasteiger partial charge in [-0.05, 0) is 12.5 Å². The van der Waals surface area contributed by atoms with Gasteiger partial charge in [0.05, 0.1) is 5.92 Å². The van der Waals surface area contributed by atoms with E-state index in [2.05, 4.69) is 0 Å². The predicted molar refractivity (Wildman–Crippen MR) is 70.7 cm³/mol. The summed E-state index contributed by atoms with van der Waals surface area (Å²) in [6.45, 7) is 3.17. The lowest BCUT2D eigenvalue weighted by molar-refractivity contribution is -0.146. The first kappa shape index (κ1) is 13.4. The number of amides is 2. The number of aliphatic carboxylic acids is 1. The fraction of sp³-hybridized carbons (Fsp3) is 0.429. The molecular weight excluding hydrogens is 244 g/mol. The van der Waals surface area contributed by atoms with Crippen molar-refractivity contribution in [2.24, 2.45) is 5.92 Å². The molecule has 0 aliphatic carbocycles. The van der Waals surface area contributed by atoms with Gasteiger partial charge in [-0.15, -0.1) is 0 Å². The van der Waals surface area contributed by atoms with Crippen molar-refractivity contribution in [2.45, 2.75) is 13.5 Å². The second kappa shape index (κ2) is 5.30. The lowest BCUT2D eigenvalue weighted by Gasteiger charge is -2.39. The first-order valence-corrected chi connectivity index (χ1v) is 6.26. The summed E-state index contributed by atoms with van der Waals surface area (Å²) in [5.41, 5.74) is 2.24. The van der Waals surface area contributed by atoms with Gasteiger partial charge >= 0.3 is 12.0 Å². The summed E-state index contributed by atoms with van der Waals surface area (Å²) in [6, 6.07) is 7.89. The van der Waals surface area contributed by atoms with Gasteiger partial charge in [0.1, 0.15) is 0 Å². The number of carbonyl (C=O) groups excluding carboxylic acids is 1. The number of carbonyl (C=O) groups is 2. The molecular formula is C14H18N2O3. The molecule has 19 heavy (non-hydrogen) atoms. The molecule has 1 aliphatic rings. The molecule has 0 saturated carbocycles. The number of aryl methyl sites for hydroxylation is 1. The van der Waals surface area contributed by atoms with Gasteiger partial charge in [-0.2, -0.15) is 0 Å². The van der Waals surface area contributed by atoms with E-state index in [1.54, 1.807) is 16.8 Å². The SMILES string of the molecule is Cc1cccc(CN(C)C(=O)N2CC(C(=O)O)C2)c1. The predicted octanol–water partition coefficient (Wildman–Crippen LogP) is 1.56. The molecule has 1 aromatic rings. The summed E-state index contributed by atoms with van der Waals surface area (Å²) < 4.78 is 0. The molecule has 1 fully saturated rings. The van der Waals surface area contributed by atoms with Crippen LogP contribution in [0.25, 0.3) is 0 Å². The molecule has 0 spiro atoms. The lowest BCUT2D eigenvalue weighted by atomic mass is 10.0. The number of nitrogens with zero attached hydrogens (tertiary/aromatic N) is 2. The molecule has 1 N–H and O–H groups in total. The number of rotatable bonds is 3. The van der Waals surface area contributed by atoms with Crippen molar-refractivity contribution in [3.05, 3.63) is 35.4 Å². The molecule has 0 unspecified atom stereocenters. The Morgan fingerprint density at radius 2 is 2.11 bits per heavy atom. The first-order valence-electron chi connectivity index (χ1n) is 6.26. The Bertz CT molecular complexity index is 495. The van der Waals surface area contributed by atoms with Crippen molar-refractivity contribution in [1.82, 2.24) is 9.80 Å². The molecule has 2 rings (SSSR count). The van der Waals surface area contributed by atoms with Crippen molar-refractivity contribution < 1.29 is 14.7 Å². The molecule has 1 aliphatic heterocycles. The second-order valence-corrected chi connectivity index (χ2v) is 5.07. The van der Waals surface area contributed by atoms with E-state index in [1.807, 2.05) is 31.2 Å². The number of carboxylic acid groups (broad SMARTS) is 1. The number of hydrogen-bond acceptors (Lipinski definition) is 2. The maximum Gasteiger partial charge on any atom is 0.320 e. The van der Waals surface area contributed by atoms with Gasteiger partial charge in [-0.1, -0.05) is 29.8 Å². The van der Waals surface area contributed by atoms with Crippen LogP contribution in [-0.2, 0) is 11.3 Å². The lowest BCUT2D eigenvalue weighted by Crippen LogP contribution is -2.56. The first-order chi connectivity index (χ1) is 8.97. The molecule has 1 saturated heterocycles. The van der Waals surface area contributed by atoms with Gasteiger partial charge in [0.25, 0.3) is 0 Å². The molecule has 102 valence electrons. The monoisotopic (exact) mass is 262 g/mol. The Hall–Kier alpha value is -2.04. The van der Waals surface area contributed by atoms with E-state index >= 15 is 0 Å². The van der Waals surface area contributed by atoms with Crippen LogP contribution in [0.4, 0.5) is 4.79 Å². The Labute approximate surface area is 112 Å². The molecule has 1 aromatic carbocycles. The van der Waals surface area contributed by atoms with Crippen LogP contribution < -0.4 is 0 Å². The largest absolute Gasteiger partial charge is 0.481 e. The highest BCUT2D eigenvalue weighted by molar-refractivity contribution is 5.79. The minimum absolute atomic E-state index is 0.112. The van der Waals surface area contributed by atoms with Crippen molar-refractivity contribution in [2.75, 3.05) is 20.1 Å². The van der Waals surface area contributed by atoms with Gasteiger partial charge in [0.2, 0.25) is 0 Å². The summed E-state index contributed by atoms with van der Waals surface area (Å²) in [4.78, 5) is 25.9. The summed E-state index contributed by atoms with van der Waals surface area (Å²) >= 11 is 0. The van der Waals surface area contributed by atoms with Crippen molar-refractivity contribution in [3.63, 3.8) is 0 Å². The van der Waals surface area contributed by atoms with Gasteiger partial charge in [0, 0.05) is 26.7 Å². The third kappa shape index (κ3) is 3.05. The topological polar surface area (TPSA) is 60.9 Å². The molecule has 5 heteroatoms. The maximum atomic E-state index is 12.0. The van der Waals surface area contributed by atoms with Crippen LogP contribution in [-0.4, -0.2) is 47.0 Å². The Kier molecular flexibility index (Phi) is 3.74. The summed E-state index contributed by atoms with van der Waals surface area (Å²) in [7, 11) is 1.73. The fourth-order valence-corrected chi connectivity index (χ4v) is 2.18. The van der Waals surface area contributed by atoms with Crippen LogP contribution in [0.2, 0.25) is 0 Å². The van der Waals surface area contributed by atoms with E-state index in [0.717, 1.165) is 11.1 Å². The van der Waals surface area contributed by atoms with Crippen molar-refractivity contribution >= 4 is 12.0 Å². The van der Waals surface area contributed by atoms with E-state index < -0.39 is 11.9 Å². The zero-order chi connectivity index (χ0) is 14.0. The fourth-order valence-electron chi connectivity index (χ4n) is 2.18. The third-order valence-corrected chi connectivity index (χ3v) is 3.33. The average Bonchev–Trinajstić information content (AvgIpc) is 2.26. The summed E-state index contributed by atoms with van der Waals surface area (Å²) in [5, 5.41) is 8.79. The minimum atomic E-state index is -0.828. The van der Waals surface area contributed by atoms with Gasteiger partial charge < -0.3 is 14.9 Å². The zero-order valence-electron chi connectivity index (χ0n) is 11.2. The van der Waals surface area contributed by atoms with E-state index in [9.17, 15) is 9.59 Å². The highest BCUT2D eigenvalue weighted by atomic mass is 16.4. The van der Waals surface area contributed by atoms with E-state index in [-0.39, 0.29) is 6.03 Å². The van der Waals surface area contributed by atoms with Crippen LogP contribution in [0.15, 0.2) is 24.3 Å². The third-order valence-electron chi connectivity index (χ3n) is 3.33. The maximum absolute atomic E-state index is 12.0. The molecule has 2 amide bonds. The number of likely N-dealkylation sites (tertiary alicyclic amines) is 1. The summed E-state index contributed by atoms with van der Waals surface area (Å²) in [6.07, 6.45) is 0. The highest BCUT2D eigenvalue weighted by Crippen LogP contribution is 2.18. The molecule has 0 atom stereocenters. The van der Waals surface area contributed by atoms with Crippen molar-refractivity contribution in [1.29, 1.82) is 0 Å². The Morgan fingerprint density at radius 3 is 2.68 bits per heavy atom. The molecule has 0 bridgehead atoms. The van der Waals surface area contributed by atoms with E-state index in [4.69, 9.17) is 5.11 Å². The average molecular weight is 262 g/mol. The van der Waals surface area contributed by atoms with E-state index in [1.165, 1.54) is 0 Å². The van der Waals surface area contributed by atoms with Gasteiger partial charge in [-0.3, -0.25) is 4.79 Å². The second-order valence-electron chi connectivity index (χ2n) is 5.07. The Morgan fingerprint density at radius 1 is 1.42 bits per heavy atom. The van der Waals surface area contributed by atoms with Crippen LogP contribution in [0.5, 0.6) is 0 Å². The molecule has 0 radical (unpaired) electrons. The number of benzene rings is 1. The van der Waals surface area contributed by atoms with Gasteiger partial charge in [-0.25, -0.2) is 4.79 Å². The number of hydrogen-bond donors (Lipinski definition) is 1. The molecule has 5 nitrogen and oxygen atoms in total. The van der Waals surface area contributed by atoms with Crippen molar-refractivity contribution in [3.8, 4) is 0 Å². The van der Waals surface area contributed by atoms with Crippen LogP contribution in [0.1, 0.15) is 11.1 Å². The normalized spacial score (nSPS) is 14.9. The van der Waals surface area contributed by atoms with Crippen LogP contribution in [0, 0.1) is 12.8 Å². The number of carboxylic acids is 1. The molecule has 0 aromatic heterocycles. The zero-order valence-corrected chi connectivity index (χ0v) is 11.2. The highest BCUT2D eigenvalue weighted by Gasteiger charge is 2.36. The Balaban J connectivity index is 1.89. The van der Waals surface area contributed by atoms with Gasteiger partial charge in [0.15, 0.2) is 0 Å². The molecule has 1 heterocycles. The van der Waals surface area contributed by atoms with Crippen LogP contribution in [0.3, 0.4) is 0 Å². The van der Waals surface area contributed by atoms with Crippen LogP contribution >= 0.6 is 0 Å². The minimum Gasteiger partial charge on any atom is -0.481 e. The van der Waals surface area contributed by atoms with E-state index in [0.29, 0.717) is 19.6 Å².